The van der Waals surface area contributed by atoms with Gasteiger partial charge in [0.15, 0.2) is 0 Å². The van der Waals surface area contributed by atoms with E-state index in [1.807, 2.05) is 0 Å². The van der Waals surface area contributed by atoms with Crippen LogP contribution in [0.5, 0.6) is 5.75 Å². The zero-order valence-electron chi connectivity index (χ0n) is 22.6. The molecule has 0 bridgehead atoms. The average molecular weight is 585 g/mol. The molecule has 3 amide bonds. The molecule has 216 valence electrons. The summed E-state index contributed by atoms with van der Waals surface area (Å²) in [6, 6.07) is 22.6. The molecular formula is C33H23F3N2O5. The second-order valence-electron chi connectivity index (χ2n) is 10.2. The van der Waals surface area contributed by atoms with E-state index in [4.69, 9.17) is 4.74 Å². The highest BCUT2D eigenvalue weighted by molar-refractivity contribution is 6.22. The van der Waals surface area contributed by atoms with Crippen LogP contribution >= 0.6 is 0 Å². The number of alkyl halides is 3. The van der Waals surface area contributed by atoms with Gasteiger partial charge in [-0.3, -0.25) is 19.3 Å². The maximum absolute atomic E-state index is 13.1. The third-order valence-electron chi connectivity index (χ3n) is 7.60. The van der Waals surface area contributed by atoms with Crippen LogP contribution in [0.2, 0.25) is 0 Å². The van der Waals surface area contributed by atoms with Gasteiger partial charge >= 0.3 is 12.1 Å². The predicted octanol–water partition coefficient (Wildman–Crippen LogP) is 5.77. The van der Waals surface area contributed by atoms with E-state index in [0.717, 1.165) is 28.2 Å². The largest absolute Gasteiger partial charge is 0.423 e. The van der Waals surface area contributed by atoms with E-state index >= 15 is 0 Å². The first-order valence-electron chi connectivity index (χ1n) is 13.4. The molecule has 2 heterocycles. The molecule has 0 aliphatic carbocycles. The summed E-state index contributed by atoms with van der Waals surface area (Å²) in [4.78, 5) is 54.0. The van der Waals surface area contributed by atoms with Gasteiger partial charge in [-0.25, -0.2) is 4.79 Å². The molecular weight excluding hydrogens is 561 g/mol. The van der Waals surface area contributed by atoms with Crippen LogP contribution in [0.4, 0.5) is 13.2 Å². The molecule has 2 aliphatic heterocycles. The number of esters is 1. The monoisotopic (exact) mass is 584 g/mol. The molecule has 0 aromatic heterocycles. The summed E-state index contributed by atoms with van der Waals surface area (Å²) in [7, 11) is 0. The number of benzene rings is 4. The Morgan fingerprint density at radius 3 is 2.05 bits per heavy atom. The summed E-state index contributed by atoms with van der Waals surface area (Å²) in [6.07, 6.45) is -4.00. The maximum Gasteiger partial charge on any atom is 0.416 e. The topological polar surface area (TPSA) is 84.0 Å². The lowest BCUT2D eigenvalue weighted by molar-refractivity contribution is -0.137. The van der Waals surface area contributed by atoms with Crippen LogP contribution in [0.1, 0.15) is 47.8 Å². The number of carbonyl (C=O) groups excluding carboxylic acids is 4. The minimum atomic E-state index is -4.47. The highest BCUT2D eigenvalue weighted by Gasteiger charge is 2.37. The van der Waals surface area contributed by atoms with Crippen LogP contribution in [-0.4, -0.2) is 46.6 Å². The Kier molecular flexibility index (Phi) is 7.05. The van der Waals surface area contributed by atoms with Crippen molar-refractivity contribution in [3.05, 3.63) is 124 Å². The molecule has 0 radical (unpaired) electrons. The third-order valence-corrected chi connectivity index (χ3v) is 7.60. The van der Waals surface area contributed by atoms with Crippen LogP contribution in [0, 0.1) is 0 Å². The zero-order chi connectivity index (χ0) is 30.3. The summed E-state index contributed by atoms with van der Waals surface area (Å²) in [6.45, 7) is 0.265. The molecule has 0 unspecified atom stereocenters. The van der Waals surface area contributed by atoms with Gasteiger partial charge in [-0.2, -0.15) is 13.2 Å². The van der Waals surface area contributed by atoms with E-state index in [1.165, 1.54) is 12.1 Å². The lowest BCUT2D eigenvalue weighted by Crippen LogP contribution is -2.44. The molecule has 10 heteroatoms. The Morgan fingerprint density at radius 2 is 1.40 bits per heavy atom. The Hall–Kier alpha value is -5.25. The van der Waals surface area contributed by atoms with Crippen LogP contribution in [0.3, 0.4) is 0 Å². The first-order chi connectivity index (χ1) is 20.6. The maximum atomic E-state index is 13.1. The highest BCUT2D eigenvalue weighted by Crippen LogP contribution is 2.33. The zero-order valence-corrected chi connectivity index (χ0v) is 22.6. The molecule has 6 rings (SSSR count). The molecule has 0 saturated carbocycles. The SMILES string of the molecule is O=C(Oc1ccc2c(c1)CCN(C(=O)CN1C(=O)c3ccccc3C1=O)C2)c1ccccc1-c1ccc(C(F)(F)F)cc1. The third kappa shape index (κ3) is 5.39. The molecule has 0 atom stereocenters. The van der Waals surface area contributed by atoms with Crippen molar-refractivity contribution in [3.63, 3.8) is 0 Å². The van der Waals surface area contributed by atoms with Crippen LogP contribution in [0.15, 0.2) is 91.0 Å². The summed E-state index contributed by atoms with van der Waals surface area (Å²) in [5, 5.41) is 0. The number of hydrogen-bond donors (Lipinski definition) is 0. The number of fused-ring (bicyclic) bond motifs is 2. The predicted molar refractivity (Wildman–Crippen MR) is 149 cm³/mol. The van der Waals surface area contributed by atoms with Gasteiger partial charge in [0.05, 0.1) is 22.3 Å². The molecule has 0 spiro atoms. The molecule has 4 aromatic rings. The number of halogens is 3. The van der Waals surface area contributed by atoms with E-state index in [0.29, 0.717) is 24.1 Å². The molecule has 0 N–H and O–H groups in total. The van der Waals surface area contributed by atoms with Crippen molar-refractivity contribution >= 4 is 23.7 Å². The fourth-order valence-electron chi connectivity index (χ4n) is 5.34. The molecule has 2 aliphatic rings. The van der Waals surface area contributed by atoms with Crippen molar-refractivity contribution in [2.75, 3.05) is 13.1 Å². The summed E-state index contributed by atoms with van der Waals surface area (Å²) < 4.78 is 44.6. The highest BCUT2D eigenvalue weighted by atomic mass is 19.4. The number of amides is 3. The number of hydrogen-bond acceptors (Lipinski definition) is 5. The Labute approximate surface area is 244 Å². The Bertz CT molecular complexity index is 1750. The normalized spacial score (nSPS) is 14.4. The van der Waals surface area contributed by atoms with Gasteiger partial charge in [0.1, 0.15) is 12.3 Å². The fraction of sp³-hybridized carbons (Fsp3) is 0.152. The first-order valence-corrected chi connectivity index (χ1v) is 13.4. The van der Waals surface area contributed by atoms with E-state index in [2.05, 4.69) is 0 Å². The van der Waals surface area contributed by atoms with Crippen LogP contribution < -0.4 is 4.74 Å². The van der Waals surface area contributed by atoms with E-state index in [9.17, 15) is 32.3 Å². The van der Waals surface area contributed by atoms with Gasteiger partial charge in [0.25, 0.3) is 11.8 Å². The number of imide groups is 1. The van der Waals surface area contributed by atoms with Gasteiger partial charge in [-0.1, -0.05) is 48.5 Å². The van der Waals surface area contributed by atoms with E-state index < -0.39 is 29.5 Å². The second-order valence-corrected chi connectivity index (χ2v) is 10.2. The van der Waals surface area contributed by atoms with Crippen LogP contribution in [0.25, 0.3) is 11.1 Å². The van der Waals surface area contributed by atoms with Gasteiger partial charge < -0.3 is 9.64 Å². The van der Waals surface area contributed by atoms with E-state index in [-0.39, 0.29) is 41.4 Å². The molecule has 43 heavy (non-hydrogen) atoms. The quantitative estimate of drug-likeness (QED) is 0.169. The number of carbonyl (C=O) groups is 4. The Balaban J connectivity index is 1.13. The summed E-state index contributed by atoms with van der Waals surface area (Å²) >= 11 is 0. The minimum absolute atomic E-state index is 0.199. The minimum Gasteiger partial charge on any atom is -0.423 e. The smallest absolute Gasteiger partial charge is 0.416 e. The number of ether oxygens (including phenoxy) is 1. The van der Waals surface area contributed by atoms with Crippen molar-refractivity contribution in [2.45, 2.75) is 19.1 Å². The molecule has 0 fully saturated rings. The van der Waals surface area contributed by atoms with Crippen molar-refractivity contribution in [2.24, 2.45) is 0 Å². The van der Waals surface area contributed by atoms with E-state index in [1.54, 1.807) is 71.6 Å². The molecule has 0 saturated heterocycles. The van der Waals surface area contributed by atoms with Gasteiger partial charge in [-0.05, 0) is 71.1 Å². The lowest BCUT2D eigenvalue weighted by Gasteiger charge is -2.30. The van der Waals surface area contributed by atoms with Crippen molar-refractivity contribution in [3.8, 4) is 16.9 Å². The van der Waals surface area contributed by atoms with Gasteiger partial charge in [0.2, 0.25) is 5.91 Å². The fourth-order valence-corrected chi connectivity index (χ4v) is 5.34. The summed E-state index contributed by atoms with van der Waals surface area (Å²) in [5.41, 5.74) is 2.59. The lowest BCUT2D eigenvalue weighted by atomic mass is 9.98. The second kappa shape index (κ2) is 10.9. The molecule has 4 aromatic carbocycles. The van der Waals surface area contributed by atoms with Gasteiger partial charge in [0, 0.05) is 13.1 Å². The van der Waals surface area contributed by atoms with Crippen molar-refractivity contribution in [1.82, 2.24) is 9.80 Å². The van der Waals surface area contributed by atoms with Gasteiger partial charge in [-0.15, -0.1) is 0 Å². The standard InChI is InChI=1S/C33H23F3N2O5/c34-33(35,36)23-12-9-20(10-13-23)25-5-1-4-8-28(25)32(42)43-24-14-11-22-18-37(16-15-21(22)17-24)29(39)19-38-30(40)26-6-2-3-7-27(26)31(38)41/h1-14,17H,15-16,18-19H2. The molecule has 7 nitrogen and oxygen atoms in total. The van der Waals surface area contributed by atoms with Crippen molar-refractivity contribution in [1.29, 1.82) is 0 Å². The number of nitrogens with zero attached hydrogens (tertiary/aromatic N) is 2. The summed E-state index contributed by atoms with van der Waals surface area (Å²) in [5.74, 6) is -1.70. The van der Waals surface area contributed by atoms with Crippen molar-refractivity contribution < 1.29 is 37.1 Å². The Morgan fingerprint density at radius 1 is 0.767 bits per heavy atom. The van der Waals surface area contributed by atoms with Crippen LogP contribution in [-0.2, 0) is 23.9 Å². The average Bonchev–Trinajstić information content (AvgIpc) is 3.25. The first kappa shape index (κ1) is 27.9. The number of rotatable bonds is 5.